The highest BCUT2D eigenvalue weighted by atomic mass is 32.2. The first-order valence-electron chi connectivity index (χ1n) is 10.3. The number of rotatable bonds is 10. The van der Waals surface area contributed by atoms with E-state index in [0.29, 0.717) is 25.2 Å². The fourth-order valence-electron chi connectivity index (χ4n) is 3.04. The molecule has 0 heterocycles. The zero-order valence-corrected chi connectivity index (χ0v) is 19.2. The van der Waals surface area contributed by atoms with Crippen LogP contribution in [0, 0.1) is 6.92 Å². The second kappa shape index (κ2) is 11.1. The van der Waals surface area contributed by atoms with E-state index in [1.54, 1.807) is 44.2 Å². The van der Waals surface area contributed by atoms with Gasteiger partial charge in [0.15, 0.2) is 6.10 Å². The molecule has 0 fully saturated rings. The Bertz CT molecular complexity index is 999. The SMILES string of the molecule is CCN(CC)S(=O)(=O)c1ccc(CCC(=O)OC(C)C(=O)Nc2ccccc2C)cc1. The molecule has 8 heteroatoms. The smallest absolute Gasteiger partial charge is 0.306 e. The summed E-state index contributed by atoms with van der Waals surface area (Å²) in [4.78, 5) is 24.6. The van der Waals surface area contributed by atoms with Gasteiger partial charge in [0.25, 0.3) is 5.91 Å². The van der Waals surface area contributed by atoms with Crippen LogP contribution in [-0.2, 0) is 30.8 Å². The lowest BCUT2D eigenvalue weighted by Crippen LogP contribution is -2.30. The molecule has 1 atom stereocenters. The number of aryl methyl sites for hydroxylation is 2. The Hall–Kier alpha value is -2.71. The highest BCUT2D eigenvalue weighted by Crippen LogP contribution is 2.17. The molecular formula is C23H30N2O5S. The van der Waals surface area contributed by atoms with Crippen LogP contribution in [0.1, 0.15) is 38.3 Å². The lowest BCUT2D eigenvalue weighted by Gasteiger charge is -2.18. The largest absolute Gasteiger partial charge is 0.453 e. The number of carbonyl (C=O) groups excluding carboxylic acids is 2. The van der Waals surface area contributed by atoms with Gasteiger partial charge in [-0.3, -0.25) is 9.59 Å². The van der Waals surface area contributed by atoms with Crippen molar-refractivity contribution < 1.29 is 22.7 Å². The van der Waals surface area contributed by atoms with E-state index in [9.17, 15) is 18.0 Å². The number of hydrogen-bond donors (Lipinski definition) is 1. The van der Waals surface area contributed by atoms with E-state index in [4.69, 9.17) is 4.74 Å². The molecule has 0 aliphatic rings. The standard InChI is InChI=1S/C23H30N2O5S/c1-5-25(6-2)31(28,29)20-14-11-19(12-15-20)13-16-22(26)30-18(4)23(27)24-21-10-8-7-9-17(21)3/h7-12,14-15,18H,5-6,13,16H2,1-4H3,(H,24,27). The number of nitrogens with one attached hydrogen (secondary N) is 1. The molecule has 1 unspecified atom stereocenters. The Morgan fingerprint density at radius 1 is 1.03 bits per heavy atom. The monoisotopic (exact) mass is 446 g/mol. The number of para-hydroxylation sites is 1. The van der Waals surface area contributed by atoms with Gasteiger partial charge in [0.05, 0.1) is 4.90 Å². The zero-order chi connectivity index (χ0) is 23.0. The molecule has 168 valence electrons. The van der Waals surface area contributed by atoms with Gasteiger partial charge in [-0.05, 0) is 49.6 Å². The first-order valence-corrected chi connectivity index (χ1v) is 11.8. The topological polar surface area (TPSA) is 92.8 Å². The molecule has 1 amide bonds. The van der Waals surface area contributed by atoms with Gasteiger partial charge in [0, 0.05) is 25.2 Å². The third kappa shape index (κ3) is 6.63. The number of hydrogen-bond acceptors (Lipinski definition) is 5. The number of benzene rings is 2. The third-order valence-electron chi connectivity index (χ3n) is 4.96. The van der Waals surface area contributed by atoms with E-state index in [-0.39, 0.29) is 11.3 Å². The third-order valence-corrected chi connectivity index (χ3v) is 7.03. The van der Waals surface area contributed by atoms with Gasteiger partial charge >= 0.3 is 5.97 Å². The first-order chi connectivity index (χ1) is 14.7. The number of carbonyl (C=O) groups is 2. The first kappa shape index (κ1) is 24.6. The van der Waals surface area contributed by atoms with E-state index in [1.807, 2.05) is 25.1 Å². The van der Waals surface area contributed by atoms with Crippen molar-refractivity contribution in [2.45, 2.75) is 51.5 Å². The molecule has 31 heavy (non-hydrogen) atoms. The van der Waals surface area contributed by atoms with Crippen molar-refractivity contribution in [2.75, 3.05) is 18.4 Å². The average Bonchev–Trinajstić information content (AvgIpc) is 2.74. The van der Waals surface area contributed by atoms with E-state index in [0.717, 1.165) is 11.1 Å². The summed E-state index contributed by atoms with van der Waals surface area (Å²) >= 11 is 0. The molecule has 0 aromatic heterocycles. The molecule has 0 radical (unpaired) electrons. The summed E-state index contributed by atoms with van der Waals surface area (Å²) in [6.07, 6.45) is -0.450. The lowest BCUT2D eigenvalue weighted by molar-refractivity contribution is -0.153. The summed E-state index contributed by atoms with van der Waals surface area (Å²) in [5, 5.41) is 2.75. The fourth-order valence-corrected chi connectivity index (χ4v) is 4.50. The van der Waals surface area contributed by atoms with Crippen molar-refractivity contribution in [3.05, 3.63) is 59.7 Å². The van der Waals surface area contributed by atoms with Crippen LogP contribution in [0.3, 0.4) is 0 Å². The van der Waals surface area contributed by atoms with Crippen molar-refractivity contribution in [3.63, 3.8) is 0 Å². The molecule has 0 saturated heterocycles. The van der Waals surface area contributed by atoms with E-state index < -0.39 is 28.0 Å². The molecule has 0 aliphatic carbocycles. The van der Waals surface area contributed by atoms with Crippen LogP contribution in [-0.4, -0.2) is 43.8 Å². The Morgan fingerprint density at radius 2 is 1.65 bits per heavy atom. The maximum Gasteiger partial charge on any atom is 0.306 e. The van der Waals surface area contributed by atoms with Gasteiger partial charge in [0.1, 0.15) is 0 Å². The summed E-state index contributed by atoms with van der Waals surface area (Å²) in [6.45, 7) is 7.81. The maximum absolute atomic E-state index is 12.5. The number of nitrogens with zero attached hydrogens (tertiary/aromatic N) is 1. The Kier molecular flexibility index (Phi) is 8.76. The predicted molar refractivity (Wildman–Crippen MR) is 120 cm³/mol. The van der Waals surface area contributed by atoms with Crippen molar-refractivity contribution in [1.29, 1.82) is 0 Å². The quantitative estimate of drug-likeness (QED) is 0.564. The van der Waals surface area contributed by atoms with Crippen LogP contribution in [0.25, 0.3) is 0 Å². The minimum Gasteiger partial charge on any atom is -0.453 e. The molecule has 0 spiro atoms. The number of sulfonamides is 1. The van der Waals surface area contributed by atoms with Crippen molar-refractivity contribution >= 4 is 27.6 Å². The molecular weight excluding hydrogens is 416 g/mol. The zero-order valence-electron chi connectivity index (χ0n) is 18.4. The van der Waals surface area contributed by atoms with Crippen LogP contribution in [0.2, 0.25) is 0 Å². The van der Waals surface area contributed by atoms with E-state index in [1.165, 1.54) is 11.2 Å². The summed E-state index contributed by atoms with van der Waals surface area (Å²) in [5.74, 6) is -0.888. The molecule has 0 aliphatic heterocycles. The van der Waals surface area contributed by atoms with Crippen LogP contribution in [0.5, 0.6) is 0 Å². The minimum atomic E-state index is -3.51. The summed E-state index contributed by atoms with van der Waals surface area (Å²) in [7, 11) is -3.51. The normalized spacial score (nSPS) is 12.4. The lowest BCUT2D eigenvalue weighted by atomic mass is 10.1. The number of amides is 1. The Balaban J connectivity index is 1.88. The van der Waals surface area contributed by atoms with Crippen LogP contribution in [0.4, 0.5) is 5.69 Å². The highest BCUT2D eigenvalue weighted by Gasteiger charge is 2.21. The van der Waals surface area contributed by atoms with Crippen molar-refractivity contribution in [2.24, 2.45) is 0 Å². The van der Waals surface area contributed by atoms with E-state index >= 15 is 0 Å². The molecule has 2 rings (SSSR count). The van der Waals surface area contributed by atoms with Crippen molar-refractivity contribution in [3.8, 4) is 0 Å². The van der Waals surface area contributed by atoms with Gasteiger partial charge in [0.2, 0.25) is 10.0 Å². The summed E-state index contributed by atoms with van der Waals surface area (Å²) in [5.41, 5.74) is 2.41. The van der Waals surface area contributed by atoms with Gasteiger partial charge < -0.3 is 10.1 Å². The predicted octanol–water partition coefficient (Wildman–Crippen LogP) is 3.53. The maximum atomic E-state index is 12.5. The fraction of sp³-hybridized carbons (Fsp3) is 0.391. The number of esters is 1. The molecule has 2 aromatic carbocycles. The molecule has 0 bridgehead atoms. The second-order valence-electron chi connectivity index (χ2n) is 7.17. The average molecular weight is 447 g/mol. The molecule has 0 saturated carbocycles. The van der Waals surface area contributed by atoms with Crippen LogP contribution in [0.15, 0.2) is 53.4 Å². The van der Waals surface area contributed by atoms with Gasteiger partial charge in [-0.15, -0.1) is 0 Å². The summed E-state index contributed by atoms with van der Waals surface area (Å²) < 4.78 is 31.7. The number of ether oxygens (including phenoxy) is 1. The Labute approximate surface area is 184 Å². The number of anilines is 1. The molecule has 2 aromatic rings. The molecule has 7 nitrogen and oxygen atoms in total. The van der Waals surface area contributed by atoms with Gasteiger partial charge in [-0.1, -0.05) is 44.2 Å². The Morgan fingerprint density at radius 3 is 2.23 bits per heavy atom. The molecule has 1 N–H and O–H groups in total. The highest BCUT2D eigenvalue weighted by molar-refractivity contribution is 7.89. The minimum absolute atomic E-state index is 0.0874. The van der Waals surface area contributed by atoms with Crippen LogP contribution < -0.4 is 5.32 Å². The van der Waals surface area contributed by atoms with E-state index in [2.05, 4.69) is 5.32 Å². The van der Waals surface area contributed by atoms with Gasteiger partial charge in [-0.25, -0.2) is 8.42 Å². The van der Waals surface area contributed by atoms with Crippen molar-refractivity contribution in [1.82, 2.24) is 4.31 Å². The summed E-state index contributed by atoms with van der Waals surface area (Å²) in [6, 6.07) is 13.8. The second-order valence-corrected chi connectivity index (χ2v) is 9.11. The van der Waals surface area contributed by atoms with Gasteiger partial charge in [-0.2, -0.15) is 4.31 Å². The van der Waals surface area contributed by atoms with Crippen LogP contribution >= 0.6 is 0 Å².